The first-order chi connectivity index (χ1) is 8.28. The number of rotatable bonds is 4. The van der Waals surface area contributed by atoms with Gasteiger partial charge in [0, 0.05) is 16.1 Å². The predicted octanol–water partition coefficient (Wildman–Crippen LogP) is 3.44. The largest absolute Gasteiger partial charge is 0.486 e. The molecular weight excluding hydrogens is 256 g/mol. The summed E-state index contributed by atoms with van der Waals surface area (Å²) in [6.07, 6.45) is 2.12. The zero-order valence-electron chi connectivity index (χ0n) is 8.89. The van der Waals surface area contributed by atoms with Crippen molar-refractivity contribution in [2.45, 2.75) is 13.0 Å². The van der Waals surface area contributed by atoms with Gasteiger partial charge in [0.1, 0.15) is 17.4 Å². The summed E-state index contributed by atoms with van der Waals surface area (Å²) in [5.74, 6) is 0.756. The molecule has 0 aliphatic rings. The second kappa shape index (κ2) is 5.67. The Balaban J connectivity index is 1.93. The van der Waals surface area contributed by atoms with Gasteiger partial charge in [0.05, 0.1) is 12.5 Å². The third-order valence-electron chi connectivity index (χ3n) is 2.03. The Morgan fingerprint density at radius 2 is 2.12 bits per heavy atom. The van der Waals surface area contributed by atoms with Crippen molar-refractivity contribution in [2.75, 3.05) is 0 Å². The number of hydrogen-bond donors (Lipinski definition) is 0. The molecule has 0 fully saturated rings. The van der Waals surface area contributed by atoms with Crippen LogP contribution in [0.1, 0.15) is 9.88 Å². The van der Waals surface area contributed by atoms with Crippen LogP contribution in [-0.4, -0.2) is 4.98 Å². The molecule has 0 unspecified atom stereocenters. The van der Waals surface area contributed by atoms with Crippen molar-refractivity contribution in [1.29, 1.82) is 5.26 Å². The lowest BCUT2D eigenvalue weighted by Gasteiger charge is -2.03. The molecule has 0 bridgehead atoms. The minimum absolute atomic E-state index is 0.401. The fourth-order valence-corrected chi connectivity index (χ4v) is 2.14. The van der Waals surface area contributed by atoms with Gasteiger partial charge in [-0.3, -0.25) is 0 Å². The van der Waals surface area contributed by atoms with E-state index in [1.165, 1.54) is 11.3 Å². The summed E-state index contributed by atoms with van der Waals surface area (Å²) in [7, 11) is 0. The van der Waals surface area contributed by atoms with E-state index in [1.54, 1.807) is 18.3 Å². The lowest BCUT2D eigenvalue weighted by molar-refractivity contribution is 0.305. The molecule has 0 N–H and O–H groups in total. The van der Waals surface area contributed by atoms with Gasteiger partial charge < -0.3 is 4.74 Å². The van der Waals surface area contributed by atoms with Crippen molar-refractivity contribution in [1.82, 2.24) is 4.98 Å². The van der Waals surface area contributed by atoms with Crippen LogP contribution >= 0.6 is 22.9 Å². The Morgan fingerprint density at radius 3 is 2.82 bits per heavy atom. The monoisotopic (exact) mass is 264 g/mol. The average Bonchev–Trinajstić information content (AvgIpc) is 2.77. The van der Waals surface area contributed by atoms with E-state index in [-0.39, 0.29) is 0 Å². The molecule has 17 heavy (non-hydrogen) atoms. The first-order valence-corrected chi connectivity index (χ1v) is 6.16. The van der Waals surface area contributed by atoms with E-state index >= 15 is 0 Å². The van der Waals surface area contributed by atoms with Gasteiger partial charge in [0.25, 0.3) is 0 Å². The molecule has 1 heterocycles. The van der Waals surface area contributed by atoms with E-state index in [2.05, 4.69) is 11.1 Å². The highest BCUT2D eigenvalue weighted by Gasteiger charge is 2.02. The number of nitrogens with zero attached hydrogens (tertiary/aromatic N) is 2. The van der Waals surface area contributed by atoms with E-state index in [4.69, 9.17) is 21.6 Å². The van der Waals surface area contributed by atoms with Crippen LogP contribution in [0, 0.1) is 11.3 Å². The minimum Gasteiger partial charge on any atom is -0.486 e. The van der Waals surface area contributed by atoms with E-state index in [0.717, 1.165) is 15.6 Å². The summed E-state index contributed by atoms with van der Waals surface area (Å²) in [6, 6.07) is 9.27. The third kappa shape index (κ3) is 3.45. The maximum Gasteiger partial charge on any atom is 0.140 e. The standard InChI is InChI=1S/C12H9ClN2OS/c13-9-1-3-10(4-2-9)16-8-12-15-7-11(17-12)5-6-14/h1-4,7H,5,8H2. The Hall–Kier alpha value is -1.57. The Morgan fingerprint density at radius 1 is 1.35 bits per heavy atom. The van der Waals surface area contributed by atoms with Crippen LogP contribution in [0.5, 0.6) is 5.75 Å². The molecule has 0 saturated heterocycles. The zero-order chi connectivity index (χ0) is 12.1. The Kier molecular flexibility index (Phi) is 3.97. The summed E-state index contributed by atoms with van der Waals surface area (Å²) in [6.45, 7) is 0.414. The maximum absolute atomic E-state index is 8.55. The molecule has 0 radical (unpaired) electrons. The van der Waals surface area contributed by atoms with E-state index < -0.39 is 0 Å². The highest BCUT2D eigenvalue weighted by Crippen LogP contribution is 2.19. The molecule has 2 aromatic rings. The fourth-order valence-electron chi connectivity index (χ4n) is 1.25. The zero-order valence-corrected chi connectivity index (χ0v) is 10.5. The van der Waals surface area contributed by atoms with Crippen molar-refractivity contribution >= 4 is 22.9 Å². The van der Waals surface area contributed by atoms with Crippen molar-refractivity contribution in [2.24, 2.45) is 0 Å². The van der Waals surface area contributed by atoms with Gasteiger partial charge >= 0.3 is 0 Å². The second-order valence-corrected chi connectivity index (χ2v) is 4.93. The van der Waals surface area contributed by atoms with Gasteiger partial charge in [-0.25, -0.2) is 4.98 Å². The molecule has 0 spiro atoms. The number of hydrogen-bond acceptors (Lipinski definition) is 4. The molecule has 0 aliphatic carbocycles. The van der Waals surface area contributed by atoms with Crippen LogP contribution in [0.4, 0.5) is 0 Å². The third-order valence-corrected chi connectivity index (χ3v) is 3.25. The van der Waals surface area contributed by atoms with Gasteiger partial charge in [-0.2, -0.15) is 5.26 Å². The summed E-state index contributed by atoms with van der Waals surface area (Å²) in [5, 5.41) is 10.1. The van der Waals surface area contributed by atoms with Crippen LogP contribution in [0.15, 0.2) is 30.5 Å². The van der Waals surface area contributed by atoms with Gasteiger partial charge in [0.15, 0.2) is 0 Å². The lowest BCUT2D eigenvalue weighted by Crippen LogP contribution is -1.93. The lowest BCUT2D eigenvalue weighted by atomic mass is 10.3. The molecule has 3 nitrogen and oxygen atoms in total. The number of aromatic nitrogens is 1. The summed E-state index contributed by atoms with van der Waals surface area (Å²) >= 11 is 7.27. The first kappa shape index (κ1) is 11.9. The summed E-state index contributed by atoms with van der Waals surface area (Å²) in [4.78, 5) is 5.14. The highest BCUT2D eigenvalue weighted by atomic mass is 35.5. The Labute approximate surface area is 108 Å². The SMILES string of the molecule is N#CCc1cnc(COc2ccc(Cl)cc2)s1. The molecule has 0 amide bonds. The molecule has 5 heteroatoms. The smallest absolute Gasteiger partial charge is 0.140 e. The fraction of sp³-hybridized carbons (Fsp3) is 0.167. The number of thiazole rings is 1. The van der Waals surface area contributed by atoms with Crippen LogP contribution in [0.2, 0.25) is 5.02 Å². The van der Waals surface area contributed by atoms with Crippen molar-refractivity contribution in [3.63, 3.8) is 0 Å². The molecule has 0 atom stereocenters. The van der Waals surface area contributed by atoms with Crippen molar-refractivity contribution in [3.05, 3.63) is 45.4 Å². The van der Waals surface area contributed by atoms with E-state index in [1.807, 2.05) is 12.1 Å². The molecule has 0 saturated carbocycles. The van der Waals surface area contributed by atoms with Crippen LogP contribution in [0.3, 0.4) is 0 Å². The number of nitriles is 1. The van der Waals surface area contributed by atoms with Gasteiger partial charge in [-0.05, 0) is 24.3 Å². The van der Waals surface area contributed by atoms with Gasteiger partial charge in [-0.15, -0.1) is 11.3 Å². The predicted molar refractivity (Wildman–Crippen MR) is 67.2 cm³/mol. The number of ether oxygens (including phenoxy) is 1. The molecule has 2 rings (SSSR count). The second-order valence-electron chi connectivity index (χ2n) is 3.30. The topological polar surface area (TPSA) is 45.9 Å². The van der Waals surface area contributed by atoms with E-state index in [9.17, 15) is 0 Å². The molecular formula is C12H9ClN2OS. The molecule has 1 aromatic carbocycles. The van der Waals surface area contributed by atoms with Crippen LogP contribution in [0.25, 0.3) is 0 Å². The normalized spacial score (nSPS) is 9.88. The molecule has 86 valence electrons. The van der Waals surface area contributed by atoms with Crippen LogP contribution < -0.4 is 4.74 Å². The van der Waals surface area contributed by atoms with Gasteiger partial charge in [0.2, 0.25) is 0 Å². The molecule has 0 aliphatic heterocycles. The van der Waals surface area contributed by atoms with Crippen molar-refractivity contribution in [3.8, 4) is 11.8 Å². The average molecular weight is 265 g/mol. The quantitative estimate of drug-likeness (QED) is 0.850. The van der Waals surface area contributed by atoms with E-state index in [0.29, 0.717) is 18.1 Å². The highest BCUT2D eigenvalue weighted by molar-refractivity contribution is 7.11. The first-order valence-electron chi connectivity index (χ1n) is 4.97. The number of benzene rings is 1. The van der Waals surface area contributed by atoms with Crippen LogP contribution in [-0.2, 0) is 13.0 Å². The van der Waals surface area contributed by atoms with Gasteiger partial charge in [-0.1, -0.05) is 11.6 Å². The summed E-state index contributed by atoms with van der Waals surface area (Å²) in [5.41, 5.74) is 0. The van der Waals surface area contributed by atoms with Crippen molar-refractivity contribution < 1.29 is 4.74 Å². The Bertz CT molecular complexity index is 530. The minimum atomic E-state index is 0.401. The number of halogens is 1. The molecule has 1 aromatic heterocycles. The summed E-state index contributed by atoms with van der Waals surface area (Å²) < 4.78 is 5.54. The maximum atomic E-state index is 8.55.